The van der Waals surface area contributed by atoms with Crippen LogP contribution in [0.2, 0.25) is 0 Å². The first-order valence-electron chi connectivity index (χ1n) is 7.11. The second kappa shape index (κ2) is 8.10. The van der Waals surface area contributed by atoms with Crippen LogP contribution in [0.15, 0.2) is 18.2 Å². The Balaban J connectivity index is 2.86. The van der Waals surface area contributed by atoms with E-state index in [1.165, 1.54) is 5.56 Å². The van der Waals surface area contributed by atoms with E-state index in [9.17, 15) is 4.79 Å². The molecule has 0 heterocycles. The summed E-state index contributed by atoms with van der Waals surface area (Å²) in [6.45, 7) is 6.11. The van der Waals surface area contributed by atoms with Crippen molar-refractivity contribution in [2.75, 3.05) is 33.7 Å². The summed E-state index contributed by atoms with van der Waals surface area (Å²) in [6.07, 6.45) is 0.555. The predicted molar refractivity (Wildman–Crippen MR) is 91.8 cm³/mol. The minimum atomic E-state index is 0.0381. The summed E-state index contributed by atoms with van der Waals surface area (Å²) >= 11 is 4.92. The molecule has 2 N–H and O–H groups in total. The number of carbonyl (C=O) groups excluding carboxylic acids is 1. The number of hydrogen-bond donors (Lipinski definition) is 1. The number of aryl methyl sites for hydroxylation is 2. The first-order chi connectivity index (χ1) is 9.81. The van der Waals surface area contributed by atoms with Crippen molar-refractivity contribution >= 4 is 23.1 Å². The van der Waals surface area contributed by atoms with Gasteiger partial charge in [-0.05, 0) is 51.2 Å². The summed E-state index contributed by atoms with van der Waals surface area (Å²) in [5.41, 5.74) is 8.60. The van der Waals surface area contributed by atoms with E-state index in [4.69, 9.17) is 18.0 Å². The molecule has 0 spiro atoms. The zero-order valence-corrected chi connectivity index (χ0v) is 14.2. The Labute approximate surface area is 132 Å². The summed E-state index contributed by atoms with van der Waals surface area (Å²) in [4.78, 5) is 17.0. The van der Waals surface area contributed by atoms with E-state index in [2.05, 4.69) is 4.90 Å². The molecule has 0 atom stereocenters. The van der Waals surface area contributed by atoms with Gasteiger partial charge in [-0.2, -0.15) is 0 Å². The van der Waals surface area contributed by atoms with Crippen LogP contribution in [0.25, 0.3) is 0 Å². The molecule has 1 aromatic rings. The molecule has 0 fully saturated rings. The lowest BCUT2D eigenvalue weighted by molar-refractivity contribution is 0.0749. The molecule has 1 amide bonds. The minimum Gasteiger partial charge on any atom is -0.393 e. The molecule has 0 aliphatic rings. The van der Waals surface area contributed by atoms with Gasteiger partial charge in [0.2, 0.25) is 0 Å². The van der Waals surface area contributed by atoms with Gasteiger partial charge in [0.15, 0.2) is 0 Å². The standard InChI is InChI=1S/C16H25N3OS/c1-12-5-6-14(11-13(12)2)16(20)19(8-7-15(17)21)10-9-18(3)4/h5-6,11H,7-10H2,1-4H3,(H2,17,21). The van der Waals surface area contributed by atoms with Crippen molar-refractivity contribution in [2.24, 2.45) is 5.73 Å². The van der Waals surface area contributed by atoms with Gasteiger partial charge >= 0.3 is 0 Å². The molecule has 1 aromatic carbocycles. The molecule has 0 unspecified atom stereocenters. The van der Waals surface area contributed by atoms with Crippen molar-refractivity contribution in [3.8, 4) is 0 Å². The lowest BCUT2D eigenvalue weighted by Gasteiger charge is -2.24. The Kier molecular flexibility index (Phi) is 6.78. The van der Waals surface area contributed by atoms with Crippen molar-refractivity contribution in [3.63, 3.8) is 0 Å². The predicted octanol–water partition coefficient (Wildman–Crippen LogP) is 1.98. The maximum Gasteiger partial charge on any atom is 0.253 e. The third kappa shape index (κ3) is 5.81. The Bertz CT molecular complexity index is 514. The van der Waals surface area contributed by atoms with Gasteiger partial charge in [-0.3, -0.25) is 4.79 Å². The third-order valence-corrected chi connectivity index (χ3v) is 3.69. The monoisotopic (exact) mass is 307 g/mol. The first kappa shape index (κ1) is 17.6. The third-order valence-electron chi connectivity index (χ3n) is 3.49. The number of likely N-dealkylation sites (N-methyl/N-ethyl adjacent to an activating group) is 1. The summed E-state index contributed by atoms with van der Waals surface area (Å²) in [5, 5.41) is 0. The molecule has 0 bridgehead atoms. The molecule has 5 heteroatoms. The van der Waals surface area contributed by atoms with E-state index < -0.39 is 0 Å². The van der Waals surface area contributed by atoms with Gasteiger partial charge in [0.25, 0.3) is 5.91 Å². The number of thiocarbonyl (C=S) groups is 1. The highest BCUT2D eigenvalue weighted by atomic mass is 32.1. The highest BCUT2D eigenvalue weighted by Gasteiger charge is 2.16. The van der Waals surface area contributed by atoms with Crippen molar-refractivity contribution < 1.29 is 4.79 Å². The smallest absolute Gasteiger partial charge is 0.253 e. The van der Waals surface area contributed by atoms with E-state index in [1.54, 1.807) is 0 Å². The molecule has 21 heavy (non-hydrogen) atoms. The zero-order chi connectivity index (χ0) is 16.0. The number of nitrogens with zero attached hydrogens (tertiary/aromatic N) is 2. The maximum atomic E-state index is 12.7. The zero-order valence-electron chi connectivity index (χ0n) is 13.3. The van der Waals surface area contributed by atoms with E-state index in [1.807, 2.05) is 51.0 Å². The summed E-state index contributed by atoms with van der Waals surface area (Å²) < 4.78 is 0. The average Bonchev–Trinajstić information content (AvgIpc) is 2.40. The molecule has 0 aliphatic heterocycles. The summed E-state index contributed by atoms with van der Waals surface area (Å²) in [6, 6.07) is 5.81. The fourth-order valence-corrected chi connectivity index (χ4v) is 2.03. The number of benzene rings is 1. The molecule has 0 saturated carbocycles. The fraction of sp³-hybridized carbons (Fsp3) is 0.500. The average molecular weight is 307 g/mol. The molecule has 0 saturated heterocycles. The Morgan fingerprint density at radius 1 is 1.14 bits per heavy atom. The van der Waals surface area contributed by atoms with Gasteiger partial charge in [0, 0.05) is 31.6 Å². The molecular weight excluding hydrogens is 282 g/mol. The number of amides is 1. The van der Waals surface area contributed by atoms with Crippen LogP contribution in [0.3, 0.4) is 0 Å². The van der Waals surface area contributed by atoms with Crippen LogP contribution in [-0.4, -0.2) is 54.4 Å². The fourth-order valence-electron chi connectivity index (χ4n) is 1.94. The summed E-state index contributed by atoms with van der Waals surface area (Å²) in [7, 11) is 3.98. The van der Waals surface area contributed by atoms with Crippen LogP contribution in [0.4, 0.5) is 0 Å². The topological polar surface area (TPSA) is 49.6 Å². The van der Waals surface area contributed by atoms with E-state index in [-0.39, 0.29) is 5.91 Å². The van der Waals surface area contributed by atoms with Gasteiger partial charge in [-0.15, -0.1) is 0 Å². The van der Waals surface area contributed by atoms with E-state index in [0.29, 0.717) is 24.5 Å². The number of carbonyl (C=O) groups is 1. The highest BCUT2D eigenvalue weighted by Crippen LogP contribution is 2.12. The van der Waals surface area contributed by atoms with Gasteiger partial charge < -0.3 is 15.5 Å². The van der Waals surface area contributed by atoms with Crippen molar-refractivity contribution in [3.05, 3.63) is 34.9 Å². The van der Waals surface area contributed by atoms with Crippen LogP contribution < -0.4 is 5.73 Å². The van der Waals surface area contributed by atoms with Crippen LogP contribution in [0, 0.1) is 13.8 Å². The SMILES string of the molecule is Cc1ccc(C(=O)N(CCC(N)=S)CCN(C)C)cc1C. The quantitative estimate of drug-likeness (QED) is 0.783. The lowest BCUT2D eigenvalue weighted by Crippen LogP contribution is -2.38. The summed E-state index contributed by atoms with van der Waals surface area (Å²) in [5.74, 6) is 0.0381. The van der Waals surface area contributed by atoms with E-state index >= 15 is 0 Å². The Morgan fingerprint density at radius 3 is 2.33 bits per heavy atom. The highest BCUT2D eigenvalue weighted by molar-refractivity contribution is 7.80. The van der Waals surface area contributed by atoms with Gasteiger partial charge in [0.1, 0.15) is 0 Å². The minimum absolute atomic E-state index is 0.0381. The van der Waals surface area contributed by atoms with E-state index in [0.717, 1.165) is 17.7 Å². The number of hydrogen-bond acceptors (Lipinski definition) is 3. The first-order valence-corrected chi connectivity index (χ1v) is 7.51. The molecule has 1 rings (SSSR count). The van der Waals surface area contributed by atoms with Crippen LogP contribution in [0.5, 0.6) is 0 Å². The van der Waals surface area contributed by atoms with Crippen LogP contribution >= 0.6 is 12.2 Å². The van der Waals surface area contributed by atoms with Gasteiger partial charge in [-0.25, -0.2) is 0 Å². The number of nitrogens with two attached hydrogens (primary N) is 1. The second-order valence-corrected chi connectivity index (χ2v) is 6.14. The molecular formula is C16H25N3OS. The maximum absolute atomic E-state index is 12.7. The molecule has 0 aromatic heterocycles. The van der Waals surface area contributed by atoms with Crippen LogP contribution in [0.1, 0.15) is 27.9 Å². The van der Waals surface area contributed by atoms with Gasteiger partial charge in [-0.1, -0.05) is 18.3 Å². The second-order valence-electron chi connectivity index (χ2n) is 5.61. The van der Waals surface area contributed by atoms with Crippen molar-refractivity contribution in [2.45, 2.75) is 20.3 Å². The molecule has 0 aliphatic carbocycles. The Morgan fingerprint density at radius 2 is 1.81 bits per heavy atom. The molecule has 116 valence electrons. The van der Waals surface area contributed by atoms with Crippen molar-refractivity contribution in [1.29, 1.82) is 0 Å². The number of rotatable bonds is 7. The molecule has 4 nitrogen and oxygen atoms in total. The van der Waals surface area contributed by atoms with Crippen molar-refractivity contribution in [1.82, 2.24) is 9.80 Å². The molecule has 0 radical (unpaired) electrons. The lowest BCUT2D eigenvalue weighted by atomic mass is 10.1. The largest absolute Gasteiger partial charge is 0.393 e. The van der Waals surface area contributed by atoms with Crippen LogP contribution in [-0.2, 0) is 0 Å². The normalized spacial score (nSPS) is 10.7. The Hall–Kier alpha value is -1.46. The van der Waals surface area contributed by atoms with Gasteiger partial charge in [0.05, 0.1) is 4.99 Å².